The fourth-order valence-electron chi connectivity index (χ4n) is 2.47. The van der Waals surface area contributed by atoms with Crippen molar-refractivity contribution in [2.24, 2.45) is 0 Å². The van der Waals surface area contributed by atoms with Crippen LogP contribution in [0.4, 0.5) is 0 Å². The molecule has 0 radical (unpaired) electrons. The van der Waals surface area contributed by atoms with Gasteiger partial charge in [-0.25, -0.2) is 4.98 Å². The van der Waals surface area contributed by atoms with Crippen LogP contribution in [0.1, 0.15) is 44.1 Å². The first kappa shape index (κ1) is 15.4. The lowest BCUT2D eigenvalue weighted by atomic mass is 9.93. The molecule has 0 unspecified atom stereocenters. The molecule has 2 aromatic rings. The van der Waals surface area contributed by atoms with Gasteiger partial charge in [0.05, 0.1) is 6.33 Å². The molecule has 2 nitrogen and oxygen atoms in total. The van der Waals surface area contributed by atoms with E-state index in [4.69, 9.17) is 23.2 Å². The third-order valence-electron chi connectivity index (χ3n) is 3.55. The third-order valence-corrected chi connectivity index (χ3v) is 4.11. The molecule has 108 valence electrons. The standard InChI is InChI=1S/C16H20Cl2N2/c1-2-3-4-5-13(11-20-9-8-19-12-20)15-7-6-14(17)10-16(15)18/h6-10,12-13H,2-5,11H2,1H3/t13-/m0/s1. The number of hydrogen-bond donors (Lipinski definition) is 0. The predicted octanol–water partition coefficient (Wildman–Crippen LogP) is 5.55. The highest BCUT2D eigenvalue weighted by Gasteiger charge is 2.15. The van der Waals surface area contributed by atoms with Crippen LogP contribution in [0, 0.1) is 0 Å². The average Bonchev–Trinajstić information content (AvgIpc) is 2.91. The summed E-state index contributed by atoms with van der Waals surface area (Å²) >= 11 is 12.4. The minimum atomic E-state index is 0.403. The molecule has 0 saturated carbocycles. The summed E-state index contributed by atoms with van der Waals surface area (Å²) < 4.78 is 2.11. The van der Waals surface area contributed by atoms with Crippen molar-refractivity contribution < 1.29 is 0 Å². The lowest BCUT2D eigenvalue weighted by Crippen LogP contribution is -2.09. The Labute approximate surface area is 130 Å². The first-order chi connectivity index (χ1) is 9.70. The van der Waals surface area contributed by atoms with Crippen LogP contribution in [0.25, 0.3) is 0 Å². The molecule has 1 aromatic heterocycles. The van der Waals surface area contributed by atoms with Crippen molar-refractivity contribution in [3.8, 4) is 0 Å². The average molecular weight is 311 g/mol. The summed E-state index contributed by atoms with van der Waals surface area (Å²) in [4.78, 5) is 4.11. The number of unbranched alkanes of at least 4 members (excludes halogenated alkanes) is 2. The van der Waals surface area contributed by atoms with E-state index in [1.165, 1.54) is 24.8 Å². The van der Waals surface area contributed by atoms with Crippen molar-refractivity contribution >= 4 is 23.2 Å². The topological polar surface area (TPSA) is 17.8 Å². The van der Waals surface area contributed by atoms with E-state index in [1.807, 2.05) is 30.9 Å². The van der Waals surface area contributed by atoms with Gasteiger partial charge in [0.2, 0.25) is 0 Å². The first-order valence-electron chi connectivity index (χ1n) is 7.11. The van der Waals surface area contributed by atoms with Crippen molar-refractivity contribution in [3.05, 3.63) is 52.5 Å². The van der Waals surface area contributed by atoms with Gasteiger partial charge < -0.3 is 4.57 Å². The largest absolute Gasteiger partial charge is 0.337 e. The maximum absolute atomic E-state index is 6.37. The molecule has 0 aliphatic carbocycles. The number of nitrogens with zero attached hydrogens (tertiary/aromatic N) is 2. The van der Waals surface area contributed by atoms with Crippen LogP contribution >= 0.6 is 23.2 Å². The van der Waals surface area contributed by atoms with E-state index in [0.29, 0.717) is 10.9 Å². The van der Waals surface area contributed by atoms with Gasteiger partial charge in [0.15, 0.2) is 0 Å². The normalized spacial score (nSPS) is 12.6. The third kappa shape index (κ3) is 4.26. The predicted molar refractivity (Wildman–Crippen MR) is 85.6 cm³/mol. The van der Waals surface area contributed by atoms with E-state index in [2.05, 4.69) is 22.5 Å². The maximum atomic E-state index is 6.37. The zero-order valence-electron chi connectivity index (χ0n) is 11.7. The first-order valence-corrected chi connectivity index (χ1v) is 7.87. The summed E-state index contributed by atoms with van der Waals surface area (Å²) in [7, 11) is 0. The van der Waals surface area contributed by atoms with Crippen molar-refractivity contribution in [2.75, 3.05) is 0 Å². The SMILES string of the molecule is CCCCC[C@@H](Cn1ccnc1)c1ccc(Cl)cc1Cl. The Hall–Kier alpha value is -0.990. The molecular weight excluding hydrogens is 291 g/mol. The summed E-state index contributed by atoms with van der Waals surface area (Å²) in [6.45, 7) is 3.13. The Balaban J connectivity index is 2.15. The summed E-state index contributed by atoms with van der Waals surface area (Å²) in [5.41, 5.74) is 1.18. The highest BCUT2D eigenvalue weighted by Crippen LogP contribution is 2.32. The Morgan fingerprint density at radius 2 is 2.10 bits per heavy atom. The molecule has 0 fully saturated rings. The van der Waals surface area contributed by atoms with Crippen LogP contribution in [-0.4, -0.2) is 9.55 Å². The Morgan fingerprint density at radius 3 is 2.75 bits per heavy atom. The monoisotopic (exact) mass is 310 g/mol. The van der Waals surface area contributed by atoms with E-state index in [1.54, 1.807) is 0 Å². The van der Waals surface area contributed by atoms with E-state index in [0.717, 1.165) is 18.0 Å². The molecule has 0 saturated heterocycles. The number of hydrogen-bond acceptors (Lipinski definition) is 1. The molecule has 0 spiro atoms. The van der Waals surface area contributed by atoms with Gasteiger partial charge in [-0.1, -0.05) is 55.5 Å². The second-order valence-electron chi connectivity index (χ2n) is 5.12. The summed E-state index contributed by atoms with van der Waals surface area (Å²) in [5, 5.41) is 1.45. The zero-order valence-corrected chi connectivity index (χ0v) is 13.2. The molecule has 0 aliphatic heterocycles. The van der Waals surface area contributed by atoms with Crippen molar-refractivity contribution in [1.82, 2.24) is 9.55 Å². The highest BCUT2D eigenvalue weighted by molar-refractivity contribution is 6.35. The van der Waals surface area contributed by atoms with E-state index in [-0.39, 0.29) is 0 Å². The number of aromatic nitrogens is 2. The highest BCUT2D eigenvalue weighted by atomic mass is 35.5. The number of rotatable bonds is 7. The van der Waals surface area contributed by atoms with Crippen molar-refractivity contribution in [3.63, 3.8) is 0 Å². The molecule has 1 atom stereocenters. The van der Waals surface area contributed by atoms with E-state index < -0.39 is 0 Å². The molecule has 0 N–H and O–H groups in total. The molecule has 20 heavy (non-hydrogen) atoms. The second kappa shape index (κ2) is 7.70. The van der Waals surface area contributed by atoms with Crippen molar-refractivity contribution in [1.29, 1.82) is 0 Å². The van der Waals surface area contributed by atoms with Gasteiger partial charge in [0.1, 0.15) is 0 Å². The molecule has 0 amide bonds. The van der Waals surface area contributed by atoms with Crippen LogP contribution in [0.5, 0.6) is 0 Å². The lowest BCUT2D eigenvalue weighted by Gasteiger charge is -2.19. The number of halogens is 2. The van der Waals surface area contributed by atoms with Crippen LogP contribution in [-0.2, 0) is 6.54 Å². The van der Waals surface area contributed by atoms with Gasteiger partial charge in [0, 0.05) is 34.9 Å². The lowest BCUT2D eigenvalue weighted by molar-refractivity contribution is 0.497. The van der Waals surface area contributed by atoms with Gasteiger partial charge in [-0.2, -0.15) is 0 Å². The number of benzene rings is 1. The Bertz CT molecular complexity index is 523. The summed E-state index contributed by atoms with van der Waals surface area (Å²) in [5.74, 6) is 0.403. The molecule has 2 rings (SSSR count). The molecule has 0 bridgehead atoms. The summed E-state index contributed by atoms with van der Waals surface area (Å²) in [6.07, 6.45) is 10.5. The fourth-order valence-corrected chi connectivity index (χ4v) is 3.03. The van der Waals surface area contributed by atoms with Gasteiger partial charge in [-0.05, 0) is 24.1 Å². The Morgan fingerprint density at radius 1 is 1.25 bits per heavy atom. The minimum absolute atomic E-state index is 0.403. The molecule has 4 heteroatoms. The van der Waals surface area contributed by atoms with E-state index in [9.17, 15) is 0 Å². The molecule has 1 aromatic carbocycles. The van der Waals surface area contributed by atoms with Gasteiger partial charge in [-0.3, -0.25) is 0 Å². The van der Waals surface area contributed by atoms with Crippen LogP contribution in [0.3, 0.4) is 0 Å². The zero-order chi connectivity index (χ0) is 14.4. The minimum Gasteiger partial charge on any atom is -0.337 e. The summed E-state index contributed by atoms with van der Waals surface area (Å²) in [6, 6.07) is 5.81. The van der Waals surface area contributed by atoms with Gasteiger partial charge in [0.25, 0.3) is 0 Å². The Kier molecular flexibility index (Phi) is 5.93. The molecule has 1 heterocycles. The number of imidazole rings is 1. The second-order valence-corrected chi connectivity index (χ2v) is 5.96. The van der Waals surface area contributed by atoms with Gasteiger partial charge in [-0.15, -0.1) is 0 Å². The van der Waals surface area contributed by atoms with Crippen LogP contribution in [0.15, 0.2) is 36.9 Å². The van der Waals surface area contributed by atoms with Crippen LogP contribution in [0.2, 0.25) is 10.0 Å². The maximum Gasteiger partial charge on any atom is 0.0946 e. The van der Waals surface area contributed by atoms with Gasteiger partial charge >= 0.3 is 0 Å². The van der Waals surface area contributed by atoms with Crippen molar-refractivity contribution in [2.45, 2.75) is 45.1 Å². The van der Waals surface area contributed by atoms with Crippen LogP contribution < -0.4 is 0 Å². The van der Waals surface area contributed by atoms with E-state index >= 15 is 0 Å². The quantitative estimate of drug-likeness (QED) is 0.613. The smallest absolute Gasteiger partial charge is 0.0946 e. The molecule has 0 aliphatic rings. The fraction of sp³-hybridized carbons (Fsp3) is 0.438. The molecular formula is C16H20Cl2N2.